The summed E-state index contributed by atoms with van der Waals surface area (Å²) in [6, 6.07) is 1.12. The summed E-state index contributed by atoms with van der Waals surface area (Å²) in [5, 5.41) is -0.297. The zero-order chi connectivity index (χ0) is 13.1. The Bertz CT molecular complexity index is 515. The largest absolute Gasteiger partial charge is 0.452 e. The Hall–Kier alpha value is -1.32. The first-order valence-electron chi connectivity index (χ1n) is 3.91. The maximum atomic E-state index is 11.3. The molecule has 8 nitrogen and oxygen atoms in total. The Morgan fingerprint density at radius 2 is 2.06 bits per heavy atom. The Morgan fingerprint density at radius 3 is 2.59 bits per heavy atom. The van der Waals surface area contributed by atoms with Gasteiger partial charge >= 0.3 is 16.3 Å². The Balaban J connectivity index is 2.86. The number of carbonyl (C=O) groups is 1. The van der Waals surface area contributed by atoms with E-state index in [1.54, 1.807) is 4.72 Å². The lowest BCUT2D eigenvalue weighted by atomic mass is 10.6. The highest BCUT2D eigenvalue weighted by Crippen LogP contribution is 2.14. The Kier molecular flexibility index (Phi) is 4.32. The molecule has 0 aliphatic heterocycles. The zero-order valence-electron chi connectivity index (χ0n) is 8.27. The molecule has 0 saturated heterocycles. The Morgan fingerprint density at radius 1 is 1.41 bits per heavy atom. The quantitative estimate of drug-likeness (QED) is 0.631. The van der Waals surface area contributed by atoms with Gasteiger partial charge in [-0.15, -0.1) is 0 Å². The third-order valence-corrected chi connectivity index (χ3v) is 2.59. The number of aromatic nitrogens is 2. The monoisotopic (exact) mass is 300 g/mol. The highest BCUT2D eigenvalue weighted by Gasteiger charge is 2.15. The van der Waals surface area contributed by atoms with Crippen LogP contribution in [0.4, 0.5) is 10.6 Å². The number of halogens is 2. The standard InChI is InChI=1S/C6H6Cl2N4O4S/c1-16-6(13)12-17(14,15)11-4-2-3(7)9-5(8)10-4/h2H,1H3,(H,12,13)(H,9,10,11). The van der Waals surface area contributed by atoms with Gasteiger partial charge in [0, 0.05) is 6.07 Å². The van der Waals surface area contributed by atoms with Crippen molar-refractivity contribution in [1.29, 1.82) is 0 Å². The molecule has 94 valence electrons. The summed E-state index contributed by atoms with van der Waals surface area (Å²) in [5.74, 6) is -0.189. The van der Waals surface area contributed by atoms with Crippen LogP contribution in [0, 0.1) is 0 Å². The van der Waals surface area contributed by atoms with Gasteiger partial charge in [-0.05, 0) is 11.6 Å². The number of carbonyl (C=O) groups excluding carboxylic acids is 1. The van der Waals surface area contributed by atoms with Gasteiger partial charge in [0.15, 0.2) is 0 Å². The fourth-order valence-corrected chi connectivity index (χ4v) is 1.90. The van der Waals surface area contributed by atoms with Gasteiger partial charge in [0.25, 0.3) is 0 Å². The van der Waals surface area contributed by atoms with Crippen LogP contribution in [0.3, 0.4) is 0 Å². The number of rotatable bonds is 3. The van der Waals surface area contributed by atoms with E-state index in [1.807, 2.05) is 4.72 Å². The van der Waals surface area contributed by atoms with E-state index in [0.29, 0.717) is 0 Å². The maximum absolute atomic E-state index is 11.3. The second-order valence-corrected chi connectivity index (χ2v) is 4.68. The van der Waals surface area contributed by atoms with Gasteiger partial charge in [0.05, 0.1) is 7.11 Å². The smallest absolute Gasteiger partial charge is 0.422 e. The van der Waals surface area contributed by atoms with Crippen molar-refractivity contribution in [1.82, 2.24) is 14.7 Å². The van der Waals surface area contributed by atoms with E-state index in [1.165, 1.54) is 0 Å². The van der Waals surface area contributed by atoms with E-state index >= 15 is 0 Å². The van der Waals surface area contributed by atoms with Gasteiger partial charge in [-0.1, -0.05) is 11.6 Å². The number of hydrogen-bond donors (Lipinski definition) is 2. The molecular formula is C6H6Cl2N4O4S. The van der Waals surface area contributed by atoms with Crippen LogP contribution in [0.2, 0.25) is 10.4 Å². The first-order valence-corrected chi connectivity index (χ1v) is 6.15. The summed E-state index contributed by atoms with van der Waals surface area (Å²) in [4.78, 5) is 17.8. The minimum atomic E-state index is -4.16. The first kappa shape index (κ1) is 13.7. The van der Waals surface area contributed by atoms with Crippen molar-refractivity contribution in [2.45, 2.75) is 0 Å². The summed E-state index contributed by atoms with van der Waals surface area (Å²) in [5.41, 5.74) is 0. The molecule has 0 aliphatic carbocycles. The molecule has 1 aromatic heterocycles. The highest BCUT2D eigenvalue weighted by molar-refractivity contribution is 7.91. The van der Waals surface area contributed by atoms with Crippen molar-refractivity contribution >= 4 is 45.3 Å². The topological polar surface area (TPSA) is 110 Å². The molecule has 0 bridgehead atoms. The fourth-order valence-electron chi connectivity index (χ4n) is 0.757. The van der Waals surface area contributed by atoms with E-state index in [9.17, 15) is 13.2 Å². The summed E-state index contributed by atoms with van der Waals surface area (Å²) in [6.45, 7) is 0. The minimum Gasteiger partial charge on any atom is -0.452 e. The van der Waals surface area contributed by atoms with Crippen LogP contribution in [0.25, 0.3) is 0 Å². The van der Waals surface area contributed by atoms with Gasteiger partial charge in [0.1, 0.15) is 11.0 Å². The van der Waals surface area contributed by atoms with Gasteiger partial charge in [-0.3, -0.25) is 0 Å². The predicted octanol–water partition coefficient (Wildman–Crippen LogP) is 0.796. The van der Waals surface area contributed by atoms with Crippen molar-refractivity contribution in [3.8, 4) is 0 Å². The van der Waals surface area contributed by atoms with Crippen molar-refractivity contribution in [3.63, 3.8) is 0 Å². The first-order chi connectivity index (χ1) is 7.82. The fraction of sp³-hybridized carbons (Fsp3) is 0.167. The van der Waals surface area contributed by atoms with Crippen LogP contribution in [-0.2, 0) is 14.9 Å². The zero-order valence-corrected chi connectivity index (χ0v) is 10.6. The van der Waals surface area contributed by atoms with Crippen LogP contribution in [0.1, 0.15) is 0 Å². The molecule has 1 aromatic rings. The van der Waals surface area contributed by atoms with Gasteiger partial charge in [-0.2, -0.15) is 13.4 Å². The van der Waals surface area contributed by atoms with Crippen LogP contribution in [0.5, 0.6) is 0 Å². The van der Waals surface area contributed by atoms with E-state index in [0.717, 1.165) is 13.2 Å². The van der Waals surface area contributed by atoms with E-state index in [2.05, 4.69) is 14.7 Å². The average Bonchev–Trinajstić information content (AvgIpc) is 2.13. The molecular weight excluding hydrogens is 295 g/mol. The molecule has 0 saturated carbocycles. The normalized spacial score (nSPS) is 10.8. The molecule has 17 heavy (non-hydrogen) atoms. The van der Waals surface area contributed by atoms with Crippen LogP contribution < -0.4 is 9.44 Å². The number of nitrogens with zero attached hydrogens (tertiary/aromatic N) is 2. The van der Waals surface area contributed by atoms with E-state index in [-0.39, 0.29) is 16.3 Å². The molecule has 0 spiro atoms. The number of hydrogen-bond acceptors (Lipinski definition) is 6. The Labute approximate surface area is 106 Å². The number of methoxy groups -OCH3 is 1. The van der Waals surface area contributed by atoms with Crippen molar-refractivity contribution in [3.05, 3.63) is 16.5 Å². The molecule has 11 heteroatoms. The number of amides is 1. The van der Waals surface area contributed by atoms with Gasteiger partial charge in [0.2, 0.25) is 5.28 Å². The lowest BCUT2D eigenvalue weighted by Crippen LogP contribution is -2.35. The summed E-state index contributed by atoms with van der Waals surface area (Å²) >= 11 is 11.0. The average molecular weight is 301 g/mol. The van der Waals surface area contributed by atoms with Crippen LogP contribution >= 0.6 is 23.2 Å². The molecule has 0 aliphatic rings. The predicted molar refractivity (Wildman–Crippen MR) is 60.1 cm³/mol. The van der Waals surface area contributed by atoms with Crippen LogP contribution in [0.15, 0.2) is 6.07 Å². The third-order valence-electron chi connectivity index (χ3n) is 1.31. The second-order valence-electron chi connectivity index (χ2n) is 2.54. The molecule has 0 fully saturated rings. The van der Waals surface area contributed by atoms with Crippen molar-refractivity contribution < 1.29 is 17.9 Å². The second kappa shape index (κ2) is 5.34. The van der Waals surface area contributed by atoms with Crippen molar-refractivity contribution in [2.75, 3.05) is 11.8 Å². The summed E-state index contributed by atoms with van der Waals surface area (Å²) in [7, 11) is -3.14. The lowest BCUT2D eigenvalue weighted by Gasteiger charge is -2.07. The molecule has 0 unspecified atom stereocenters. The minimum absolute atomic E-state index is 0.0548. The van der Waals surface area contributed by atoms with Crippen LogP contribution in [-0.4, -0.2) is 31.6 Å². The third kappa shape index (κ3) is 4.59. The molecule has 0 atom stereocenters. The SMILES string of the molecule is COC(=O)NS(=O)(=O)Nc1cc(Cl)nc(Cl)n1. The van der Waals surface area contributed by atoms with Gasteiger partial charge < -0.3 is 4.74 Å². The van der Waals surface area contributed by atoms with E-state index < -0.39 is 16.3 Å². The molecule has 1 heterocycles. The molecule has 1 rings (SSSR count). The highest BCUT2D eigenvalue weighted by atomic mass is 35.5. The molecule has 0 radical (unpaired) electrons. The molecule has 2 N–H and O–H groups in total. The van der Waals surface area contributed by atoms with E-state index in [4.69, 9.17) is 23.2 Å². The van der Waals surface area contributed by atoms with Gasteiger partial charge in [-0.25, -0.2) is 19.2 Å². The maximum Gasteiger partial charge on any atom is 0.422 e. The lowest BCUT2D eigenvalue weighted by molar-refractivity contribution is 0.177. The number of ether oxygens (including phenoxy) is 1. The summed E-state index contributed by atoms with van der Waals surface area (Å²) in [6.07, 6.45) is -1.15. The number of anilines is 1. The molecule has 1 amide bonds. The number of nitrogens with one attached hydrogen (secondary N) is 2. The summed E-state index contributed by atoms with van der Waals surface area (Å²) < 4.78 is 30.2. The molecule has 0 aromatic carbocycles. The van der Waals surface area contributed by atoms with Crippen molar-refractivity contribution in [2.24, 2.45) is 0 Å².